The number of benzene rings is 2. The van der Waals surface area contributed by atoms with Gasteiger partial charge in [0.15, 0.2) is 5.11 Å². The molecule has 2 aromatic rings. The Hall–Kier alpha value is -0.980. The molecule has 0 fully saturated rings. The maximum Gasteiger partial charge on any atom is 0.171 e. The minimum atomic E-state index is -0.380. The second-order valence-electron chi connectivity index (χ2n) is 4.04. The van der Waals surface area contributed by atoms with Crippen molar-refractivity contribution in [2.45, 2.75) is 6.54 Å². The van der Waals surface area contributed by atoms with Gasteiger partial charge in [0, 0.05) is 15.5 Å². The van der Waals surface area contributed by atoms with Crippen LogP contribution in [-0.2, 0) is 6.54 Å². The fourth-order valence-corrected chi connectivity index (χ4v) is 3.04. The lowest BCUT2D eigenvalue weighted by atomic mass is 10.2. The van der Waals surface area contributed by atoms with E-state index in [1.165, 1.54) is 6.07 Å². The van der Waals surface area contributed by atoms with Crippen LogP contribution >= 0.6 is 44.1 Å². The van der Waals surface area contributed by atoms with Crippen LogP contribution in [0.3, 0.4) is 0 Å². The van der Waals surface area contributed by atoms with Gasteiger partial charge in [-0.05, 0) is 45.8 Å². The van der Waals surface area contributed by atoms with Crippen molar-refractivity contribution in [2.24, 2.45) is 0 Å². The molecule has 0 saturated carbocycles. The highest BCUT2D eigenvalue weighted by Gasteiger charge is 2.10. The van der Waals surface area contributed by atoms with E-state index in [2.05, 4.69) is 42.5 Å². The Kier molecular flexibility index (Phi) is 5.51. The molecule has 0 amide bonds. The molecule has 0 spiro atoms. The monoisotopic (exact) mass is 416 g/mol. The van der Waals surface area contributed by atoms with Gasteiger partial charge in [-0.25, -0.2) is 4.39 Å². The second kappa shape index (κ2) is 7.15. The summed E-state index contributed by atoms with van der Waals surface area (Å²) in [6.07, 6.45) is 0. The van der Waals surface area contributed by atoms with Gasteiger partial charge < -0.3 is 10.6 Å². The Bertz CT molecular complexity index is 597. The van der Waals surface area contributed by atoms with Crippen LogP contribution < -0.4 is 10.6 Å². The van der Waals surface area contributed by atoms with E-state index in [1.807, 2.05) is 30.3 Å². The normalized spacial score (nSPS) is 10.2. The van der Waals surface area contributed by atoms with Crippen molar-refractivity contribution in [3.8, 4) is 0 Å². The lowest BCUT2D eigenvalue weighted by Gasteiger charge is -2.13. The van der Waals surface area contributed by atoms with Crippen molar-refractivity contribution < 1.29 is 4.39 Å². The van der Waals surface area contributed by atoms with Crippen molar-refractivity contribution in [2.75, 3.05) is 5.32 Å². The van der Waals surface area contributed by atoms with Crippen molar-refractivity contribution >= 4 is 54.9 Å². The minimum absolute atomic E-state index is 0.318. The van der Waals surface area contributed by atoms with Gasteiger partial charge in [-0.2, -0.15) is 0 Å². The van der Waals surface area contributed by atoms with Crippen LogP contribution in [0.25, 0.3) is 0 Å². The molecule has 20 heavy (non-hydrogen) atoms. The van der Waals surface area contributed by atoms with Crippen LogP contribution in [-0.4, -0.2) is 5.11 Å². The minimum Gasteiger partial charge on any atom is -0.358 e. The van der Waals surface area contributed by atoms with E-state index in [0.717, 1.165) is 5.56 Å². The summed E-state index contributed by atoms with van der Waals surface area (Å²) >= 11 is 11.7. The van der Waals surface area contributed by atoms with E-state index in [-0.39, 0.29) is 5.82 Å². The van der Waals surface area contributed by atoms with E-state index < -0.39 is 0 Å². The average molecular weight is 418 g/mol. The predicted octanol–water partition coefficient (Wildman–Crippen LogP) is 4.84. The highest BCUT2D eigenvalue weighted by molar-refractivity contribution is 9.11. The third-order valence-electron chi connectivity index (χ3n) is 2.54. The van der Waals surface area contributed by atoms with Gasteiger partial charge >= 0.3 is 0 Å². The van der Waals surface area contributed by atoms with E-state index in [1.54, 1.807) is 6.07 Å². The van der Waals surface area contributed by atoms with Crippen molar-refractivity contribution in [3.63, 3.8) is 0 Å². The van der Waals surface area contributed by atoms with Crippen molar-refractivity contribution in [1.29, 1.82) is 0 Å². The lowest BCUT2D eigenvalue weighted by molar-refractivity contribution is 0.630. The molecule has 0 aliphatic carbocycles. The number of hydrogen-bond acceptors (Lipinski definition) is 1. The fourth-order valence-electron chi connectivity index (χ4n) is 1.60. The van der Waals surface area contributed by atoms with Gasteiger partial charge in [0.2, 0.25) is 0 Å². The van der Waals surface area contributed by atoms with E-state index in [0.29, 0.717) is 26.3 Å². The first-order valence-electron chi connectivity index (χ1n) is 5.79. The number of nitrogens with one attached hydrogen (secondary N) is 2. The molecule has 2 rings (SSSR count). The molecular weight excluding hydrogens is 407 g/mol. The molecule has 0 saturated heterocycles. The number of rotatable bonds is 3. The second-order valence-corrected chi connectivity index (χ2v) is 6.22. The molecule has 0 unspecified atom stereocenters. The molecule has 2 nitrogen and oxygen atoms in total. The molecule has 0 aliphatic heterocycles. The topological polar surface area (TPSA) is 24.1 Å². The summed E-state index contributed by atoms with van der Waals surface area (Å²) in [4.78, 5) is 0. The van der Waals surface area contributed by atoms with Crippen LogP contribution in [0.2, 0.25) is 0 Å². The zero-order chi connectivity index (χ0) is 14.5. The summed E-state index contributed by atoms with van der Waals surface area (Å²) in [6, 6.07) is 13.0. The summed E-state index contributed by atoms with van der Waals surface area (Å²) in [5.74, 6) is -0.380. The first-order chi connectivity index (χ1) is 9.56. The van der Waals surface area contributed by atoms with Gasteiger partial charge in [-0.3, -0.25) is 0 Å². The predicted molar refractivity (Wildman–Crippen MR) is 91.3 cm³/mol. The summed E-state index contributed by atoms with van der Waals surface area (Å²) in [7, 11) is 0. The quantitative estimate of drug-likeness (QED) is 0.699. The van der Waals surface area contributed by atoms with Crippen molar-refractivity contribution in [1.82, 2.24) is 5.32 Å². The summed E-state index contributed by atoms with van der Waals surface area (Å²) in [6.45, 7) is 0.586. The Morgan fingerprint density at radius 1 is 1.15 bits per heavy atom. The highest BCUT2D eigenvalue weighted by Crippen LogP contribution is 2.29. The molecule has 2 N–H and O–H groups in total. The van der Waals surface area contributed by atoms with E-state index in [9.17, 15) is 4.39 Å². The van der Waals surface area contributed by atoms with Crippen LogP contribution in [0.5, 0.6) is 0 Å². The van der Waals surface area contributed by atoms with Crippen LogP contribution in [0.1, 0.15) is 5.56 Å². The molecule has 0 radical (unpaired) electrons. The first kappa shape index (κ1) is 15.4. The summed E-state index contributed by atoms with van der Waals surface area (Å²) in [5, 5.41) is 6.26. The Balaban J connectivity index is 1.98. The maximum absolute atomic E-state index is 13.8. The zero-order valence-corrected chi connectivity index (χ0v) is 14.3. The van der Waals surface area contributed by atoms with Crippen LogP contribution in [0.4, 0.5) is 10.1 Å². The largest absolute Gasteiger partial charge is 0.358 e. The fraction of sp³-hybridized carbons (Fsp3) is 0.0714. The Labute approximate surface area is 139 Å². The molecule has 0 aromatic heterocycles. The third kappa shape index (κ3) is 4.26. The summed E-state index contributed by atoms with van der Waals surface area (Å²) < 4.78 is 15.1. The number of anilines is 1. The number of hydrogen-bond donors (Lipinski definition) is 2. The molecule has 0 aliphatic rings. The lowest BCUT2D eigenvalue weighted by Crippen LogP contribution is -2.28. The highest BCUT2D eigenvalue weighted by atomic mass is 79.9. The SMILES string of the molecule is Fc1cc(Br)cc(Br)c1NC(=S)NCc1ccccc1. The zero-order valence-electron chi connectivity index (χ0n) is 10.3. The molecule has 0 atom stereocenters. The van der Waals surface area contributed by atoms with E-state index in [4.69, 9.17) is 12.2 Å². The third-order valence-corrected chi connectivity index (χ3v) is 3.87. The molecule has 104 valence electrons. The van der Waals surface area contributed by atoms with Crippen LogP contribution in [0.15, 0.2) is 51.4 Å². The Morgan fingerprint density at radius 3 is 2.50 bits per heavy atom. The van der Waals surface area contributed by atoms with E-state index >= 15 is 0 Å². The standard InChI is InChI=1S/C14H11Br2FN2S/c15-10-6-11(16)13(12(17)7-10)19-14(20)18-8-9-4-2-1-3-5-9/h1-7H,8H2,(H2,18,19,20). The molecule has 2 aromatic carbocycles. The van der Waals surface area contributed by atoms with Gasteiger partial charge in [-0.1, -0.05) is 46.3 Å². The van der Waals surface area contributed by atoms with Gasteiger partial charge in [0.1, 0.15) is 5.82 Å². The first-order valence-corrected chi connectivity index (χ1v) is 7.79. The van der Waals surface area contributed by atoms with Gasteiger partial charge in [0.25, 0.3) is 0 Å². The molecular formula is C14H11Br2FN2S. The summed E-state index contributed by atoms with van der Waals surface area (Å²) in [5.41, 5.74) is 1.42. The average Bonchev–Trinajstić information content (AvgIpc) is 2.42. The van der Waals surface area contributed by atoms with Gasteiger partial charge in [-0.15, -0.1) is 0 Å². The molecule has 6 heteroatoms. The molecule has 0 heterocycles. The number of halogens is 3. The van der Waals surface area contributed by atoms with Crippen LogP contribution in [0, 0.1) is 5.82 Å². The maximum atomic E-state index is 13.8. The smallest absolute Gasteiger partial charge is 0.171 e. The van der Waals surface area contributed by atoms with Crippen molar-refractivity contribution in [3.05, 3.63) is 62.8 Å². The molecule has 0 bridgehead atoms. The Morgan fingerprint density at radius 2 is 1.85 bits per heavy atom. The number of thiocarbonyl (C=S) groups is 1. The van der Waals surface area contributed by atoms with Gasteiger partial charge in [0.05, 0.1) is 5.69 Å².